The van der Waals surface area contributed by atoms with E-state index in [0.717, 1.165) is 46.9 Å². The Hall–Kier alpha value is -1.76. The minimum atomic E-state index is -0.0786. The SMILES string of the molecule is CC1CCN(Cc2csc(NC(=O)c3csc4ccccc34)n2)CC1. The molecule has 0 saturated carbocycles. The molecule has 6 heteroatoms. The summed E-state index contributed by atoms with van der Waals surface area (Å²) < 4.78 is 1.13. The van der Waals surface area contributed by atoms with Crippen LogP contribution >= 0.6 is 22.7 Å². The normalized spacial score (nSPS) is 16.4. The van der Waals surface area contributed by atoms with Crippen LogP contribution in [0.2, 0.25) is 0 Å². The van der Waals surface area contributed by atoms with Crippen LogP contribution in [-0.4, -0.2) is 28.9 Å². The molecular formula is C19H21N3OS2. The molecule has 2 aromatic heterocycles. The zero-order valence-corrected chi connectivity index (χ0v) is 15.8. The van der Waals surface area contributed by atoms with Crippen LogP contribution < -0.4 is 5.32 Å². The number of hydrogen-bond acceptors (Lipinski definition) is 5. The number of hydrogen-bond donors (Lipinski definition) is 1. The average molecular weight is 372 g/mol. The van der Waals surface area contributed by atoms with Crippen molar-refractivity contribution in [3.63, 3.8) is 0 Å². The molecule has 0 bridgehead atoms. The average Bonchev–Trinajstić information content (AvgIpc) is 3.23. The predicted molar refractivity (Wildman–Crippen MR) is 106 cm³/mol. The van der Waals surface area contributed by atoms with Crippen LogP contribution in [0.15, 0.2) is 35.0 Å². The second-order valence-electron chi connectivity index (χ2n) is 6.70. The standard InChI is InChI=1S/C19H21N3OS2/c1-13-6-8-22(9-7-13)10-14-11-25-19(20-14)21-18(23)16-12-24-17-5-3-2-4-15(16)17/h2-5,11-13H,6-10H2,1H3,(H,20,21,23). The molecule has 4 nitrogen and oxygen atoms in total. The summed E-state index contributed by atoms with van der Waals surface area (Å²) in [6.07, 6.45) is 2.53. The molecule has 4 rings (SSSR count). The van der Waals surface area contributed by atoms with Gasteiger partial charge in [0.15, 0.2) is 5.13 Å². The van der Waals surface area contributed by atoms with Crippen LogP contribution in [0.4, 0.5) is 5.13 Å². The number of carbonyl (C=O) groups is 1. The summed E-state index contributed by atoms with van der Waals surface area (Å²) in [5.41, 5.74) is 1.77. The van der Waals surface area contributed by atoms with Gasteiger partial charge in [-0.2, -0.15) is 0 Å². The summed E-state index contributed by atoms with van der Waals surface area (Å²) in [7, 11) is 0. The van der Waals surface area contributed by atoms with Crippen LogP contribution in [0.5, 0.6) is 0 Å². The van der Waals surface area contributed by atoms with Gasteiger partial charge in [-0.25, -0.2) is 4.98 Å². The van der Waals surface area contributed by atoms with Gasteiger partial charge in [0, 0.05) is 27.4 Å². The van der Waals surface area contributed by atoms with Crippen molar-refractivity contribution in [3.8, 4) is 0 Å². The number of likely N-dealkylation sites (tertiary alicyclic amines) is 1. The molecular weight excluding hydrogens is 350 g/mol. The molecule has 1 fully saturated rings. The minimum absolute atomic E-state index is 0.0786. The quantitative estimate of drug-likeness (QED) is 0.713. The second-order valence-corrected chi connectivity index (χ2v) is 8.47. The Morgan fingerprint density at radius 3 is 2.88 bits per heavy atom. The van der Waals surface area contributed by atoms with Crippen molar-refractivity contribution in [2.24, 2.45) is 5.92 Å². The van der Waals surface area contributed by atoms with E-state index >= 15 is 0 Å². The lowest BCUT2D eigenvalue weighted by atomic mass is 9.99. The Morgan fingerprint density at radius 1 is 1.24 bits per heavy atom. The molecule has 0 unspecified atom stereocenters. The van der Waals surface area contributed by atoms with Gasteiger partial charge in [-0.15, -0.1) is 22.7 Å². The molecule has 130 valence electrons. The first-order valence-electron chi connectivity index (χ1n) is 8.63. The number of carbonyl (C=O) groups excluding carboxylic acids is 1. The molecule has 0 spiro atoms. The Kier molecular flexibility index (Phi) is 4.83. The van der Waals surface area contributed by atoms with E-state index in [0.29, 0.717) is 5.13 Å². The largest absolute Gasteiger partial charge is 0.298 e. The third kappa shape index (κ3) is 3.76. The molecule has 0 radical (unpaired) electrons. The Bertz CT molecular complexity index is 878. The maximum atomic E-state index is 12.6. The van der Waals surface area contributed by atoms with Crippen molar-refractivity contribution in [2.45, 2.75) is 26.3 Å². The van der Waals surface area contributed by atoms with Crippen LogP contribution in [-0.2, 0) is 6.54 Å². The van der Waals surface area contributed by atoms with Crippen molar-refractivity contribution in [3.05, 3.63) is 46.3 Å². The minimum Gasteiger partial charge on any atom is -0.298 e. The first kappa shape index (κ1) is 16.7. The van der Waals surface area contributed by atoms with Crippen molar-refractivity contribution >= 4 is 43.8 Å². The lowest BCUT2D eigenvalue weighted by Crippen LogP contribution is -2.32. The van der Waals surface area contributed by atoms with Crippen LogP contribution in [0.1, 0.15) is 35.8 Å². The number of thiophene rings is 1. The first-order valence-corrected chi connectivity index (χ1v) is 10.4. The van der Waals surface area contributed by atoms with Crippen LogP contribution in [0, 0.1) is 5.92 Å². The number of thiazole rings is 1. The molecule has 3 aromatic rings. The number of aromatic nitrogens is 1. The van der Waals surface area contributed by atoms with E-state index in [2.05, 4.69) is 27.5 Å². The molecule has 1 aromatic carbocycles. The van der Waals surface area contributed by atoms with E-state index in [1.807, 2.05) is 29.6 Å². The maximum absolute atomic E-state index is 12.6. The van der Waals surface area contributed by atoms with Gasteiger partial charge in [0.1, 0.15) is 0 Å². The number of benzene rings is 1. The van der Waals surface area contributed by atoms with Gasteiger partial charge in [-0.05, 0) is 37.9 Å². The molecule has 1 aliphatic rings. The zero-order chi connectivity index (χ0) is 17.2. The highest BCUT2D eigenvalue weighted by Crippen LogP contribution is 2.27. The fourth-order valence-electron chi connectivity index (χ4n) is 3.20. The monoisotopic (exact) mass is 371 g/mol. The van der Waals surface area contributed by atoms with Crippen molar-refractivity contribution in [1.82, 2.24) is 9.88 Å². The summed E-state index contributed by atoms with van der Waals surface area (Å²) in [5, 5.41) is 8.62. The van der Waals surface area contributed by atoms with Gasteiger partial charge in [-0.1, -0.05) is 25.1 Å². The summed E-state index contributed by atoms with van der Waals surface area (Å²) in [4.78, 5) is 19.6. The zero-order valence-electron chi connectivity index (χ0n) is 14.2. The van der Waals surface area contributed by atoms with E-state index in [4.69, 9.17) is 0 Å². The maximum Gasteiger partial charge on any atom is 0.258 e. The number of anilines is 1. The molecule has 1 aliphatic heterocycles. The third-order valence-corrected chi connectivity index (χ3v) is 6.53. The number of rotatable bonds is 4. The fourth-order valence-corrected chi connectivity index (χ4v) is 4.84. The number of amides is 1. The highest BCUT2D eigenvalue weighted by Gasteiger charge is 2.18. The molecule has 0 aliphatic carbocycles. The molecule has 0 atom stereocenters. The number of piperidine rings is 1. The Labute approximate surface area is 155 Å². The topological polar surface area (TPSA) is 45.2 Å². The summed E-state index contributed by atoms with van der Waals surface area (Å²) in [6.45, 7) is 5.48. The van der Waals surface area contributed by atoms with E-state index in [9.17, 15) is 4.79 Å². The summed E-state index contributed by atoms with van der Waals surface area (Å²) in [6, 6.07) is 7.99. The van der Waals surface area contributed by atoms with Crippen LogP contribution in [0.3, 0.4) is 0 Å². The van der Waals surface area contributed by atoms with Crippen molar-refractivity contribution in [1.29, 1.82) is 0 Å². The Balaban J connectivity index is 1.41. The third-order valence-electron chi connectivity index (χ3n) is 4.76. The molecule has 3 heterocycles. The number of nitrogens with zero attached hydrogens (tertiary/aromatic N) is 2. The molecule has 1 N–H and O–H groups in total. The lowest BCUT2D eigenvalue weighted by molar-refractivity contribution is 0.102. The van der Waals surface area contributed by atoms with Crippen molar-refractivity contribution < 1.29 is 4.79 Å². The van der Waals surface area contributed by atoms with Gasteiger partial charge < -0.3 is 0 Å². The molecule has 1 saturated heterocycles. The number of nitrogens with one attached hydrogen (secondary N) is 1. The number of fused-ring (bicyclic) bond motifs is 1. The highest BCUT2D eigenvalue weighted by molar-refractivity contribution is 7.17. The lowest BCUT2D eigenvalue weighted by Gasteiger charge is -2.29. The molecule has 25 heavy (non-hydrogen) atoms. The predicted octanol–water partition coefficient (Wildman–Crippen LogP) is 4.84. The molecule has 1 amide bonds. The van der Waals surface area contributed by atoms with E-state index in [-0.39, 0.29) is 5.91 Å². The Morgan fingerprint density at radius 2 is 2.04 bits per heavy atom. The van der Waals surface area contributed by atoms with Gasteiger partial charge in [0.25, 0.3) is 5.91 Å². The van der Waals surface area contributed by atoms with Gasteiger partial charge in [0.2, 0.25) is 0 Å². The second kappa shape index (κ2) is 7.23. The van der Waals surface area contributed by atoms with Crippen LogP contribution in [0.25, 0.3) is 10.1 Å². The van der Waals surface area contributed by atoms with E-state index in [1.165, 1.54) is 24.2 Å². The van der Waals surface area contributed by atoms with E-state index < -0.39 is 0 Å². The highest BCUT2D eigenvalue weighted by atomic mass is 32.1. The first-order chi connectivity index (χ1) is 12.2. The van der Waals surface area contributed by atoms with Gasteiger partial charge >= 0.3 is 0 Å². The van der Waals surface area contributed by atoms with Gasteiger partial charge in [0.05, 0.1) is 11.3 Å². The summed E-state index contributed by atoms with van der Waals surface area (Å²) in [5.74, 6) is 0.757. The van der Waals surface area contributed by atoms with E-state index in [1.54, 1.807) is 11.3 Å². The smallest absolute Gasteiger partial charge is 0.258 e. The van der Waals surface area contributed by atoms with Gasteiger partial charge in [-0.3, -0.25) is 15.0 Å². The fraction of sp³-hybridized carbons (Fsp3) is 0.368. The summed E-state index contributed by atoms with van der Waals surface area (Å²) >= 11 is 3.10. The van der Waals surface area contributed by atoms with Crippen molar-refractivity contribution in [2.75, 3.05) is 18.4 Å².